The zero-order chi connectivity index (χ0) is 16.6. The number of benzene rings is 1. The number of aliphatic carboxylic acids is 1. The lowest BCUT2D eigenvalue weighted by Gasteiger charge is -2.33. The summed E-state index contributed by atoms with van der Waals surface area (Å²) >= 11 is 0. The average molecular weight is 316 g/mol. The minimum absolute atomic E-state index is 0.00756. The SMILES string of the molecule is NC(=O)c1ccc(C(=O)N2[C@H](C(=O)O)C[C@@H]3CCCC[C@@H]32)cc1. The molecule has 0 aromatic heterocycles. The van der Waals surface area contributed by atoms with Crippen LogP contribution in [0.3, 0.4) is 0 Å². The van der Waals surface area contributed by atoms with Crippen LogP contribution in [0.15, 0.2) is 24.3 Å². The maximum absolute atomic E-state index is 12.8. The van der Waals surface area contributed by atoms with Crippen molar-refractivity contribution in [3.8, 4) is 0 Å². The van der Waals surface area contributed by atoms with Crippen molar-refractivity contribution in [2.75, 3.05) is 0 Å². The summed E-state index contributed by atoms with van der Waals surface area (Å²) in [5.74, 6) is -1.50. The van der Waals surface area contributed by atoms with Crippen molar-refractivity contribution in [2.45, 2.75) is 44.2 Å². The van der Waals surface area contributed by atoms with Gasteiger partial charge in [-0.15, -0.1) is 0 Å². The smallest absolute Gasteiger partial charge is 0.326 e. The third-order valence-electron chi connectivity index (χ3n) is 5.02. The molecule has 0 radical (unpaired) electrons. The van der Waals surface area contributed by atoms with Crippen molar-refractivity contribution in [1.82, 2.24) is 4.90 Å². The first-order chi connectivity index (χ1) is 11.0. The third-order valence-corrected chi connectivity index (χ3v) is 5.02. The van der Waals surface area contributed by atoms with Gasteiger partial charge in [0, 0.05) is 17.2 Å². The molecule has 0 unspecified atom stereocenters. The van der Waals surface area contributed by atoms with Crippen LogP contribution in [-0.2, 0) is 4.79 Å². The second kappa shape index (κ2) is 6.02. The fraction of sp³-hybridized carbons (Fsp3) is 0.471. The molecule has 1 aliphatic carbocycles. The van der Waals surface area contributed by atoms with Crippen LogP contribution >= 0.6 is 0 Å². The number of primary amides is 1. The zero-order valence-corrected chi connectivity index (χ0v) is 12.8. The summed E-state index contributed by atoms with van der Waals surface area (Å²) in [5.41, 5.74) is 5.92. The topological polar surface area (TPSA) is 101 Å². The Morgan fingerprint density at radius 2 is 1.65 bits per heavy atom. The summed E-state index contributed by atoms with van der Waals surface area (Å²) in [7, 11) is 0. The van der Waals surface area contributed by atoms with Crippen molar-refractivity contribution in [2.24, 2.45) is 11.7 Å². The molecule has 23 heavy (non-hydrogen) atoms. The number of carboxylic acid groups (broad SMARTS) is 1. The molecular weight excluding hydrogens is 296 g/mol. The van der Waals surface area contributed by atoms with Crippen LogP contribution in [0.2, 0.25) is 0 Å². The van der Waals surface area contributed by atoms with Gasteiger partial charge < -0.3 is 15.7 Å². The highest BCUT2D eigenvalue weighted by molar-refractivity contribution is 5.99. The highest BCUT2D eigenvalue weighted by atomic mass is 16.4. The van der Waals surface area contributed by atoms with E-state index in [1.54, 1.807) is 4.90 Å². The number of carbonyl (C=O) groups is 3. The first-order valence-corrected chi connectivity index (χ1v) is 7.94. The number of rotatable bonds is 3. The lowest BCUT2D eigenvalue weighted by atomic mass is 9.84. The van der Waals surface area contributed by atoms with Crippen LogP contribution in [0.25, 0.3) is 0 Å². The van der Waals surface area contributed by atoms with Crippen molar-refractivity contribution < 1.29 is 19.5 Å². The van der Waals surface area contributed by atoms with Gasteiger partial charge in [-0.1, -0.05) is 12.8 Å². The van der Waals surface area contributed by atoms with E-state index in [0.29, 0.717) is 17.5 Å². The number of carboxylic acids is 1. The van der Waals surface area contributed by atoms with Gasteiger partial charge >= 0.3 is 5.97 Å². The number of likely N-dealkylation sites (tertiary alicyclic amines) is 1. The molecule has 0 spiro atoms. The molecule has 1 saturated heterocycles. The van der Waals surface area contributed by atoms with E-state index in [1.165, 1.54) is 24.3 Å². The molecule has 0 bridgehead atoms. The Kier molecular flexibility index (Phi) is 4.07. The fourth-order valence-electron chi connectivity index (χ4n) is 3.90. The van der Waals surface area contributed by atoms with E-state index in [-0.39, 0.29) is 17.9 Å². The molecule has 2 aliphatic rings. The number of nitrogens with zero attached hydrogens (tertiary/aromatic N) is 1. The fourth-order valence-corrected chi connectivity index (χ4v) is 3.90. The van der Waals surface area contributed by atoms with Gasteiger partial charge in [-0.2, -0.15) is 0 Å². The molecule has 1 aliphatic heterocycles. The number of fused-ring (bicyclic) bond motifs is 1. The predicted molar refractivity (Wildman–Crippen MR) is 82.9 cm³/mol. The normalized spacial score (nSPS) is 26.6. The van der Waals surface area contributed by atoms with Gasteiger partial charge in [0.05, 0.1) is 0 Å². The summed E-state index contributed by atoms with van der Waals surface area (Å²) in [6.45, 7) is 0. The summed E-state index contributed by atoms with van der Waals surface area (Å²) in [4.78, 5) is 37.1. The maximum atomic E-state index is 12.8. The zero-order valence-electron chi connectivity index (χ0n) is 12.8. The Bertz CT molecular complexity index is 640. The van der Waals surface area contributed by atoms with Gasteiger partial charge in [0.25, 0.3) is 5.91 Å². The molecule has 1 saturated carbocycles. The summed E-state index contributed by atoms with van der Waals surface area (Å²) in [6.07, 6.45) is 4.50. The van der Waals surface area contributed by atoms with Crippen LogP contribution in [-0.4, -0.2) is 39.9 Å². The molecule has 2 fully saturated rings. The standard InChI is InChI=1S/C17H20N2O4/c18-15(20)10-5-7-11(8-6-10)16(21)19-13-4-2-1-3-12(13)9-14(19)17(22)23/h5-8,12-14H,1-4,9H2,(H2,18,20)(H,22,23)/t12-,13-,14-/m0/s1. The molecule has 3 atom stereocenters. The monoisotopic (exact) mass is 316 g/mol. The van der Waals surface area contributed by atoms with E-state index < -0.39 is 17.9 Å². The summed E-state index contributed by atoms with van der Waals surface area (Å²) < 4.78 is 0. The number of amides is 2. The Morgan fingerprint density at radius 3 is 2.26 bits per heavy atom. The molecule has 1 aromatic carbocycles. The highest BCUT2D eigenvalue weighted by Crippen LogP contribution is 2.40. The van der Waals surface area contributed by atoms with E-state index in [4.69, 9.17) is 5.73 Å². The largest absolute Gasteiger partial charge is 0.480 e. The Balaban J connectivity index is 1.88. The van der Waals surface area contributed by atoms with Crippen molar-refractivity contribution in [3.05, 3.63) is 35.4 Å². The van der Waals surface area contributed by atoms with Gasteiger partial charge in [-0.25, -0.2) is 4.79 Å². The number of hydrogen-bond acceptors (Lipinski definition) is 3. The number of hydrogen-bond donors (Lipinski definition) is 2. The molecule has 2 amide bonds. The molecule has 6 heteroatoms. The van der Waals surface area contributed by atoms with Crippen LogP contribution in [0.5, 0.6) is 0 Å². The van der Waals surface area contributed by atoms with Crippen LogP contribution in [0.4, 0.5) is 0 Å². The van der Waals surface area contributed by atoms with Crippen molar-refractivity contribution >= 4 is 17.8 Å². The average Bonchev–Trinajstić information content (AvgIpc) is 2.94. The van der Waals surface area contributed by atoms with Crippen molar-refractivity contribution in [1.29, 1.82) is 0 Å². The van der Waals surface area contributed by atoms with E-state index in [9.17, 15) is 19.5 Å². The molecule has 3 N–H and O–H groups in total. The number of nitrogens with two attached hydrogens (primary N) is 1. The van der Waals surface area contributed by atoms with E-state index >= 15 is 0 Å². The van der Waals surface area contributed by atoms with E-state index in [1.807, 2.05) is 0 Å². The van der Waals surface area contributed by atoms with Gasteiger partial charge in [-0.3, -0.25) is 9.59 Å². The van der Waals surface area contributed by atoms with Crippen LogP contribution in [0.1, 0.15) is 52.8 Å². The quantitative estimate of drug-likeness (QED) is 0.885. The lowest BCUT2D eigenvalue weighted by Crippen LogP contribution is -2.46. The van der Waals surface area contributed by atoms with E-state index in [0.717, 1.165) is 25.7 Å². The molecule has 6 nitrogen and oxygen atoms in total. The molecule has 1 aromatic rings. The Hall–Kier alpha value is -2.37. The molecule has 122 valence electrons. The first-order valence-electron chi connectivity index (χ1n) is 7.94. The molecule has 3 rings (SSSR count). The minimum Gasteiger partial charge on any atom is -0.480 e. The summed E-state index contributed by atoms with van der Waals surface area (Å²) in [6, 6.07) is 5.33. The van der Waals surface area contributed by atoms with E-state index in [2.05, 4.69) is 0 Å². The van der Waals surface area contributed by atoms with Crippen molar-refractivity contribution in [3.63, 3.8) is 0 Å². The Labute approximate surface area is 134 Å². The Morgan fingerprint density at radius 1 is 1.04 bits per heavy atom. The van der Waals surface area contributed by atoms with Crippen LogP contribution in [0, 0.1) is 5.92 Å². The van der Waals surface area contributed by atoms with Crippen LogP contribution < -0.4 is 5.73 Å². The second-order valence-electron chi connectivity index (χ2n) is 6.36. The molecular formula is C17H20N2O4. The van der Waals surface area contributed by atoms with Gasteiger partial charge in [0.2, 0.25) is 5.91 Å². The van der Waals surface area contributed by atoms with Gasteiger partial charge in [0.15, 0.2) is 0 Å². The second-order valence-corrected chi connectivity index (χ2v) is 6.36. The lowest BCUT2D eigenvalue weighted by molar-refractivity contribution is -0.141. The highest BCUT2D eigenvalue weighted by Gasteiger charge is 2.47. The number of carbonyl (C=O) groups excluding carboxylic acids is 2. The predicted octanol–water partition coefficient (Wildman–Crippen LogP) is 1.64. The third kappa shape index (κ3) is 2.81. The minimum atomic E-state index is -0.943. The maximum Gasteiger partial charge on any atom is 0.326 e. The first kappa shape index (κ1) is 15.5. The molecule has 1 heterocycles. The van der Waals surface area contributed by atoms with Gasteiger partial charge in [-0.05, 0) is 49.4 Å². The van der Waals surface area contributed by atoms with Gasteiger partial charge in [0.1, 0.15) is 6.04 Å². The summed E-state index contributed by atoms with van der Waals surface area (Å²) in [5, 5.41) is 9.49.